The van der Waals surface area contributed by atoms with Gasteiger partial charge in [0.2, 0.25) is 11.8 Å². The van der Waals surface area contributed by atoms with Crippen molar-refractivity contribution in [3.63, 3.8) is 0 Å². The highest BCUT2D eigenvalue weighted by Gasteiger charge is 2.14. The van der Waals surface area contributed by atoms with E-state index in [1.807, 2.05) is 19.1 Å². The Morgan fingerprint density at radius 1 is 1.19 bits per heavy atom. The second-order valence-electron chi connectivity index (χ2n) is 5.41. The molecule has 0 radical (unpaired) electrons. The second kappa shape index (κ2) is 7.34. The summed E-state index contributed by atoms with van der Waals surface area (Å²) in [6, 6.07) is 9.82. The van der Waals surface area contributed by atoms with Crippen molar-refractivity contribution in [1.29, 1.82) is 0 Å². The first-order chi connectivity index (χ1) is 12.5. The molecule has 1 aromatic carbocycles. The number of halogens is 2. The standard InChI is InChI=1S/C17H16F2N4O3/c1-2-22-12-5-3-4-6-13(12)23(17(22)25)10-14(24)21-11-7-8-15(20-9-11)26-16(18)19/h3-9,16H,2,10H2,1H3,(H,21,24). The molecular weight excluding hydrogens is 346 g/mol. The Hall–Kier alpha value is -3.23. The summed E-state index contributed by atoms with van der Waals surface area (Å²) in [5.41, 5.74) is 1.45. The number of aromatic nitrogens is 3. The molecule has 0 spiro atoms. The van der Waals surface area contributed by atoms with Gasteiger partial charge in [-0.3, -0.25) is 13.9 Å². The molecule has 26 heavy (non-hydrogen) atoms. The highest BCUT2D eigenvalue weighted by molar-refractivity contribution is 5.91. The maximum Gasteiger partial charge on any atom is 0.388 e. The molecule has 1 amide bonds. The fourth-order valence-electron chi connectivity index (χ4n) is 2.69. The number of nitrogens with zero attached hydrogens (tertiary/aromatic N) is 3. The molecule has 3 aromatic rings. The van der Waals surface area contributed by atoms with E-state index in [9.17, 15) is 18.4 Å². The lowest BCUT2D eigenvalue weighted by Gasteiger charge is -2.07. The molecule has 2 heterocycles. The first-order valence-electron chi connectivity index (χ1n) is 7.88. The number of hydrogen-bond donors (Lipinski definition) is 1. The van der Waals surface area contributed by atoms with E-state index in [4.69, 9.17) is 0 Å². The smallest absolute Gasteiger partial charge is 0.388 e. The third kappa shape index (κ3) is 3.56. The van der Waals surface area contributed by atoms with E-state index in [0.717, 1.165) is 5.52 Å². The predicted octanol–water partition coefficient (Wildman–Crippen LogP) is 2.46. The van der Waals surface area contributed by atoms with Gasteiger partial charge in [0.1, 0.15) is 6.54 Å². The lowest BCUT2D eigenvalue weighted by atomic mass is 10.3. The number of amides is 1. The second-order valence-corrected chi connectivity index (χ2v) is 5.41. The average Bonchev–Trinajstić information content (AvgIpc) is 2.88. The van der Waals surface area contributed by atoms with Gasteiger partial charge in [0.25, 0.3) is 0 Å². The van der Waals surface area contributed by atoms with E-state index in [1.54, 1.807) is 16.7 Å². The molecule has 7 nitrogen and oxygen atoms in total. The van der Waals surface area contributed by atoms with Crippen molar-refractivity contribution in [3.8, 4) is 5.88 Å². The topological polar surface area (TPSA) is 78.2 Å². The van der Waals surface area contributed by atoms with Gasteiger partial charge in [-0.15, -0.1) is 0 Å². The van der Waals surface area contributed by atoms with Crippen LogP contribution in [0.3, 0.4) is 0 Å². The van der Waals surface area contributed by atoms with Crippen LogP contribution in [0.2, 0.25) is 0 Å². The van der Waals surface area contributed by atoms with Gasteiger partial charge in [-0.1, -0.05) is 12.1 Å². The van der Waals surface area contributed by atoms with E-state index >= 15 is 0 Å². The number of pyridine rings is 1. The predicted molar refractivity (Wildman–Crippen MR) is 91.4 cm³/mol. The number of para-hydroxylation sites is 2. The van der Waals surface area contributed by atoms with Crippen LogP contribution in [0, 0.1) is 0 Å². The zero-order valence-electron chi connectivity index (χ0n) is 13.9. The minimum atomic E-state index is -2.97. The van der Waals surface area contributed by atoms with Crippen LogP contribution < -0.4 is 15.7 Å². The van der Waals surface area contributed by atoms with Crippen molar-refractivity contribution in [2.45, 2.75) is 26.6 Å². The van der Waals surface area contributed by atoms with Crippen LogP contribution in [-0.4, -0.2) is 26.6 Å². The summed E-state index contributed by atoms with van der Waals surface area (Å²) in [5, 5.41) is 2.58. The van der Waals surface area contributed by atoms with Crippen LogP contribution in [-0.2, 0) is 17.9 Å². The highest BCUT2D eigenvalue weighted by atomic mass is 19.3. The number of anilines is 1. The molecule has 0 atom stereocenters. The van der Waals surface area contributed by atoms with Crippen molar-refractivity contribution >= 4 is 22.6 Å². The summed E-state index contributed by atoms with van der Waals surface area (Å²) < 4.78 is 31.3. The number of nitrogens with one attached hydrogen (secondary N) is 1. The zero-order valence-corrected chi connectivity index (χ0v) is 13.9. The van der Waals surface area contributed by atoms with Crippen LogP contribution in [0.4, 0.5) is 14.5 Å². The molecular formula is C17H16F2N4O3. The Kier molecular flexibility index (Phi) is 4.97. The lowest BCUT2D eigenvalue weighted by Crippen LogP contribution is -2.29. The molecule has 0 aliphatic rings. The number of aryl methyl sites for hydroxylation is 1. The molecule has 1 N–H and O–H groups in total. The fraction of sp³-hybridized carbons (Fsp3) is 0.235. The van der Waals surface area contributed by atoms with Gasteiger partial charge in [-0.05, 0) is 25.1 Å². The molecule has 0 aliphatic carbocycles. The van der Waals surface area contributed by atoms with Crippen molar-refractivity contribution in [1.82, 2.24) is 14.1 Å². The molecule has 0 fully saturated rings. The number of alkyl halides is 2. The van der Waals surface area contributed by atoms with Crippen molar-refractivity contribution < 1.29 is 18.3 Å². The zero-order chi connectivity index (χ0) is 18.7. The summed E-state index contributed by atoms with van der Waals surface area (Å²) >= 11 is 0. The van der Waals surface area contributed by atoms with Gasteiger partial charge in [0, 0.05) is 12.6 Å². The monoisotopic (exact) mass is 362 g/mol. The first-order valence-corrected chi connectivity index (χ1v) is 7.88. The molecule has 136 valence electrons. The molecule has 0 saturated carbocycles. The Balaban J connectivity index is 1.77. The minimum absolute atomic E-state index is 0.179. The van der Waals surface area contributed by atoms with Crippen molar-refractivity contribution in [3.05, 3.63) is 53.1 Å². The number of ether oxygens (including phenoxy) is 1. The molecule has 0 bridgehead atoms. The van der Waals surface area contributed by atoms with E-state index in [-0.39, 0.29) is 18.1 Å². The van der Waals surface area contributed by atoms with Crippen LogP contribution in [0.25, 0.3) is 11.0 Å². The van der Waals surface area contributed by atoms with Gasteiger partial charge < -0.3 is 10.1 Å². The van der Waals surface area contributed by atoms with Crippen LogP contribution in [0.1, 0.15) is 6.92 Å². The Morgan fingerprint density at radius 2 is 1.88 bits per heavy atom. The average molecular weight is 362 g/mol. The number of carbonyl (C=O) groups is 1. The van der Waals surface area contributed by atoms with E-state index in [0.29, 0.717) is 17.7 Å². The minimum Gasteiger partial charge on any atom is -0.417 e. The Labute approximate surface area is 146 Å². The van der Waals surface area contributed by atoms with Crippen LogP contribution in [0.15, 0.2) is 47.4 Å². The van der Waals surface area contributed by atoms with E-state index in [2.05, 4.69) is 15.0 Å². The van der Waals surface area contributed by atoms with Gasteiger partial charge in [0.05, 0.1) is 22.9 Å². The maximum atomic E-state index is 12.5. The number of benzene rings is 1. The number of rotatable bonds is 6. The number of imidazole rings is 1. The summed E-state index contributed by atoms with van der Waals surface area (Å²) in [6.45, 7) is -0.802. The lowest BCUT2D eigenvalue weighted by molar-refractivity contribution is -0.116. The van der Waals surface area contributed by atoms with Crippen LogP contribution >= 0.6 is 0 Å². The number of carbonyl (C=O) groups excluding carboxylic acids is 1. The largest absolute Gasteiger partial charge is 0.417 e. The molecule has 0 aliphatic heterocycles. The molecule has 9 heteroatoms. The third-order valence-corrected chi connectivity index (χ3v) is 3.77. The first kappa shape index (κ1) is 17.6. The van der Waals surface area contributed by atoms with Crippen molar-refractivity contribution in [2.24, 2.45) is 0 Å². The molecule has 3 rings (SSSR count). The number of fused-ring (bicyclic) bond motifs is 1. The summed E-state index contributed by atoms with van der Waals surface area (Å²) in [4.78, 5) is 28.5. The van der Waals surface area contributed by atoms with Crippen molar-refractivity contribution in [2.75, 3.05) is 5.32 Å². The normalized spacial score (nSPS) is 11.1. The highest BCUT2D eigenvalue weighted by Crippen LogP contribution is 2.15. The summed E-state index contributed by atoms with van der Waals surface area (Å²) in [7, 11) is 0. The molecule has 0 saturated heterocycles. The SMILES string of the molecule is CCn1c(=O)n(CC(=O)Nc2ccc(OC(F)F)nc2)c2ccccc21. The van der Waals surface area contributed by atoms with Crippen LogP contribution in [0.5, 0.6) is 5.88 Å². The van der Waals surface area contributed by atoms with E-state index in [1.165, 1.54) is 22.9 Å². The molecule has 0 unspecified atom stereocenters. The maximum absolute atomic E-state index is 12.5. The Morgan fingerprint density at radius 3 is 2.46 bits per heavy atom. The van der Waals surface area contributed by atoms with Gasteiger partial charge in [-0.25, -0.2) is 9.78 Å². The van der Waals surface area contributed by atoms with Gasteiger partial charge >= 0.3 is 12.3 Å². The van der Waals surface area contributed by atoms with Gasteiger partial charge in [-0.2, -0.15) is 8.78 Å². The third-order valence-electron chi connectivity index (χ3n) is 3.77. The fourth-order valence-corrected chi connectivity index (χ4v) is 2.69. The molecule has 2 aromatic heterocycles. The van der Waals surface area contributed by atoms with Gasteiger partial charge in [0.15, 0.2) is 0 Å². The summed E-state index contributed by atoms with van der Waals surface area (Å²) in [6.07, 6.45) is 1.20. The Bertz CT molecular complexity index is 980. The quantitative estimate of drug-likeness (QED) is 0.731. The van der Waals surface area contributed by atoms with E-state index < -0.39 is 12.5 Å². The number of hydrogen-bond acceptors (Lipinski definition) is 4. The summed E-state index contributed by atoms with van der Waals surface area (Å²) in [5.74, 6) is -0.685.